The SMILES string of the molecule is CCCCOCCOc1ccc(-c2ccc3c(c2)/C=C(/C(=O)Nc2ccc([S@](=O)Cc4c(C)ncn4CC)cc2)CCCN3CC2CCOCC2)cc1. The average Bonchev–Trinajstić information content (AvgIpc) is 3.53. The third-order valence-electron chi connectivity index (χ3n) is 10.1. The van der Waals surface area contributed by atoms with E-state index < -0.39 is 10.8 Å². The smallest absolute Gasteiger partial charge is 0.251 e. The highest BCUT2D eigenvalue weighted by Gasteiger charge is 2.23. The normalized spacial score (nSPS) is 16.6. The molecule has 1 fully saturated rings. The Morgan fingerprint density at radius 2 is 1.75 bits per heavy atom. The number of aryl methyl sites for hydroxylation is 2. The summed E-state index contributed by atoms with van der Waals surface area (Å²) in [5.41, 5.74) is 7.67. The molecule has 0 radical (unpaired) electrons. The van der Waals surface area contributed by atoms with E-state index in [1.165, 1.54) is 0 Å². The minimum atomic E-state index is -1.23. The van der Waals surface area contributed by atoms with Crippen LogP contribution in [0.2, 0.25) is 0 Å². The van der Waals surface area contributed by atoms with Gasteiger partial charge in [0.15, 0.2) is 0 Å². The highest BCUT2D eigenvalue weighted by atomic mass is 32.2. The number of benzene rings is 3. The van der Waals surface area contributed by atoms with Gasteiger partial charge in [-0.05, 0) is 123 Å². The van der Waals surface area contributed by atoms with Crippen LogP contribution >= 0.6 is 0 Å². The van der Waals surface area contributed by atoms with Crippen molar-refractivity contribution in [3.05, 3.63) is 95.6 Å². The number of rotatable bonds is 16. The van der Waals surface area contributed by atoms with Crippen LogP contribution in [0, 0.1) is 12.8 Å². The lowest BCUT2D eigenvalue weighted by atomic mass is 9.94. The molecule has 0 saturated carbocycles. The molecule has 3 aromatic carbocycles. The Balaban J connectivity index is 1.18. The summed E-state index contributed by atoms with van der Waals surface area (Å²) in [6, 6.07) is 22.2. The van der Waals surface area contributed by atoms with Gasteiger partial charge < -0.3 is 29.0 Å². The predicted octanol–water partition coefficient (Wildman–Crippen LogP) is 8.43. The van der Waals surface area contributed by atoms with Crippen LogP contribution in [-0.4, -0.2) is 65.8 Å². The van der Waals surface area contributed by atoms with Crippen LogP contribution in [0.4, 0.5) is 11.4 Å². The Hall–Kier alpha value is -4.25. The number of carbonyl (C=O) groups excluding carboxylic acids is 1. The van der Waals surface area contributed by atoms with E-state index in [0.29, 0.717) is 37.0 Å². The topological polar surface area (TPSA) is 94.9 Å². The molecule has 1 N–H and O–H groups in total. The van der Waals surface area contributed by atoms with Crippen molar-refractivity contribution in [1.82, 2.24) is 9.55 Å². The van der Waals surface area contributed by atoms with Crippen molar-refractivity contribution in [3.63, 3.8) is 0 Å². The number of nitrogens with one attached hydrogen (secondary N) is 1. The van der Waals surface area contributed by atoms with E-state index in [2.05, 4.69) is 65.5 Å². The molecular weight excluding hydrogens is 685 g/mol. The van der Waals surface area contributed by atoms with Crippen molar-refractivity contribution >= 4 is 34.2 Å². The van der Waals surface area contributed by atoms with Gasteiger partial charge in [0.25, 0.3) is 5.91 Å². The third kappa shape index (κ3) is 10.5. The van der Waals surface area contributed by atoms with Crippen molar-refractivity contribution in [2.45, 2.75) is 76.5 Å². The van der Waals surface area contributed by atoms with Crippen LogP contribution in [0.15, 0.2) is 83.5 Å². The summed E-state index contributed by atoms with van der Waals surface area (Å²) >= 11 is 0. The van der Waals surface area contributed by atoms with Crippen molar-refractivity contribution < 1.29 is 23.2 Å². The van der Waals surface area contributed by atoms with Gasteiger partial charge in [0.2, 0.25) is 0 Å². The zero-order valence-corrected chi connectivity index (χ0v) is 32.3. The number of anilines is 2. The van der Waals surface area contributed by atoms with Crippen molar-refractivity contribution in [1.29, 1.82) is 0 Å². The zero-order valence-electron chi connectivity index (χ0n) is 31.5. The van der Waals surface area contributed by atoms with Gasteiger partial charge in [-0.1, -0.05) is 31.5 Å². The molecule has 0 aliphatic carbocycles. The third-order valence-corrected chi connectivity index (χ3v) is 11.5. The summed E-state index contributed by atoms with van der Waals surface area (Å²) < 4.78 is 32.5. The summed E-state index contributed by atoms with van der Waals surface area (Å²) in [6.07, 6.45) is 9.75. The van der Waals surface area contributed by atoms with E-state index in [1.54, 1.807) is 6.33 Å². The van der Waals surface area contributed by atoms with Gasteiger partial charge in [-0.2, -0.15) is 0 Å². The molecule has 6 rings (SSSR count). The Kier molecular flexibility index (Phi) is 13.9. The standard InChI is InChI=1S/C43H54N4O5S/c1-4-6-22-50-25-26-52-39-14-9-34(10-15-39)35-11-18-41-37(27-35)28-36(8-7-21-47(41)29-33-19-23-51-24-20-33)43(48)45-38-12-16-40(17-13-38)53(49)30-42-32(3)44-31-46(42)5-2/h9-18,27-28,31,33H,4-8,19-26,29-30H2,1-3H3,(H,45,48)/b36-28+/t53-/m1/s1. The molecule has 1 amide bonds. The fourth-order valence-electron chi connectivity index (χ4n) is 6.98. The number of unbranched alkanes of at least 4 members (excludes halogenated alkanes) is 1. The first-order valence-electron chi connectivity index (χ1n) is 19.2. The molecule has 53 heavy (non-hydrogen) atoms. The molecule has 0 bridgehead atoms. The number of nitrogens with zero attached hydrogens (tertiary/aromatic N) is 3. The van der Waals surface area contributed by atoms with Crippen molar-refractivity contribution in [3.8, 4) is 16.9 Å². The lowest BCUT2D eigenvalue weighted by Gasteiger charge is -2.33. The van der Waals surface area contributed by atoms with Crippen LogP contribution in [0.1, 0.15) is 69.3 Å². The molecule has 0 unspecified atom stereocenters. The second-order valence-corrected chi connectivity index (χ2v) is 15.4. The monoisotopic (exact) mass is 738 g/mol. The van der Waals surface area contributed by atoms with E-state index in [0.717, 1.165) is 122 Å². The summed E-state index contributed by atoms with van der Waals surface area (Å²) in [6.45, 7) is 12.3. The highest BCUT2D eigenvalue weighted by molar-refractivity contribution is 7.84. The van der Waals surface area contributed by atoms with Gasteiger partial charge in [0, 0.05) is 61.3 Å². The Bertz CT molecular complexity index is 1850. The first-order chi connectivity index (χ1) is 25.9. The fourth-order valence-corrected chi connectivity index (χ4v) is 8.20. The number of aromatic nitrogens is 2. The highest BCUT2D eigenvalue weighted by Crippen LogP contribution is 2.34. The van der Waals surface area contributed by atoms with Crippen LogP contribution < -0.4 is 15.0 Å². The number of hydrogen-bond acceptors (Lipinski definition) is 7. The minimum Gasteiger partial charge on any atom is -0.491 e. The number of fused-ring (bicyclic) bond motifs is 1. The molecule has 3 heterocycles. The summed E-state index contributed by atoms with van der Waals surface area (Å²) in [5.74, 6) is 1.69. The van der Waals surface area contributed by atoms with Gasteiger partial charge >= 0.3 is 0 Å². The molecular formula is C43H54N4O5S. The first-order valence-corrected chi connectivity index (χ1v) is 20.5. The summed E-state index contributed by atoms with van der Waals surface area (Å²) in [7, 11) is -1.23. The van der Waals surface area contributed by atoms with E-state index in [9.17, 15) is 9.00 Å². The van der Waals surface area contributed by atoms with Gasteiger partial charge in [-0.3, -0.25) is 9.00 Å². The van der Waals surface area contributed by atoms with Crippen LogP contribution in [0.25, 0.3) is 17.2 Å². The molecule has 0 spiro atoms. The number of amides is 1. The molecule has 10 heteroatoms. The second kappa shape index (κ2) is 19.2. The van der Waals surface area contributed by atoms with Gasteiger partial charge in [0.1, 0.15) is 12.4 Å². The van der Waals surface area contributed by atoms with Crippen LogP contribution in [0.5, 0.6) is 5.75 Å². The number of imidazole rings is 1. The summed E-state index contributed by atoms with van der Waals surface area (Å²) in [5, 5.41) is 3.12. The van der Waals surface area contributed by atoms with E-state index in [4.69, 9.17) is 14.2 Å². The first kappa shape index (κ1) is 38.5. The maximum absolute atomic E-state index is 13.8. The Morgan fingerprint density at radius 1 is 0.981 bits per heavy atom. The minimum absolute atomic E-state index is 0.115. The maximum Gasteiger partial charge on any atom is 0.251 e. The Morgan fingerprint density at radius 3 is 2.51 bits per heavy atom. The Labute approximate surface area is 317 Å². The number of ether oxygens (including phenoxy) is 3. The van der Waals surface area contributed by atoms with Gasteiger partial charge in [0.05, 0.1) is 40.9 Å². The average molecular weight is 739 g/mol. The van der Waals surface area contributed by atoms with Crippen LogP contribution in [0.3, 0.4) is 0 Å². The van der Waals surface area contributed by atoms with Gasteiger partial charge in [-0.25, -0.2) is 4.98 Å². The van der Waals surface area contributed by atoms with E-state index in [1.807, 2.05) is 47.9 Å². The largest absolute Gasteiger partial charge is 0.491 e. The molecule has 1 aromatic heterocycles. The molecule has 282 valence electrons. The summed E-state index contributed by atoms with van der Waals surface area (Å²) in [4.78, 5) is 21.4. The number of carbonyl (C=O) groups is 1. The quantitative estimate of drug-likeness (QED) is 0.115. The van der Waals surface area contributed by atoms with E-state index >= 15 is 0 Å². The molecule has 2 aliphatic rings. The molecule has 2 aliphatic heterocycles. The van der Waals surface area contributed by atoms with E-state index in [-0.39, 0.29) is 5.91 Å². The second-order valence-electron chi connectivity index (χ2n) is 13.9. The predicted molar refractivity (Wildman–Crippen MR) is 214 cm³/mol. The van der Waals surface area contributed by atoms with Gasteiger partial charge in [-0.15, -0.1) is 0 Å². The number of hydrogen-bond donors (Lipinski definition) is 1. The molecule has 1 saturated heterocycles. The lowest BCUT2D eigenvalue weighted by Crippen LogP contribution is -2.34. The lowest BCUT2D eigenvalue weighted by molar-refractivity contribution is -0.112. The van der Waals surface area contributed by atoms with Crippen molar-refractivity contribution in [2.75, 3.05) is 56.3 Å². The maximum atomic E-state index is 13.8. The van der Waals surface area contributed by atoms with Crippen LogP contribution in [-0.2, 0) is 37.4 Å². The zero-order chi connectivity index (χ0) is 37.0. The molecule has 9 nitrogen and oxygen atoms in total. The fraction of sp³-hybridized carbons (Fsp3) is 0.442. The molecule has 1 atom stereocenters. The van der Waals surface area contributed by atoms with Crippen molar-refractivity contribution in [2.24, 2.45) is 5.92 Å². The molecule has 4 aromatic rings.